The summed E-state index contributed by atoms with van der Waals surface area (Å²) in [6, 6.07) is 29.7. The molecular formula is C30H29N3O2. The van der Waals surface area contributed by atoms with E-state index in [0.29, 0.717) is 36.6 Å². The van der Waals surface area contributed by atoms with E-state index in [1.54, 1.807) is 0 Å². The first-order chi connectivity index (χ1) is 17.0. The zero-order valence-electron chi connectivity index (χ0n) is 20.1. The van der Waals surface area contributed by atoms with Gasteiger partial charge in [-0.2, -0.15) is 0 Å². The molecule has 1 atom stereocenters. The molecule has 5 rings (SSSR count). The summed E-state index contributed by atoms with van der Waals surface area (Å²) in [4.78, 5) is 33.8. The number of hydrogen-bond acceptors (Lipinski definition) is 3. The second-order valence-electron chi connectivity index (χ2n) is 9.13. The predicted octanol–water partition coefficient (Wildman–Crippen LogP) is 4.88. The minimum absolute atomic E-state index is 0.0200. The van der Waals surface area contributed by atoms with E-state index in [0.717, 1.165) is 16.7 Å². The molecule has 0 saturated heterocycles. The van der Waals surface area contributed by atoms with E-state index in [1.807, 2.05) is 114 Å². The highest BCUT2D eigenvalue weighted by Crippen LogP contribution is 2.28. The van der Waals surface area contributed by atoms with Gasteiger partial charge in [0.05, 0.1) is 24.2 Å². The molecule has 1 unspecified atom stereocenters. The molecule has 35 heavy (non-hydrogen) atoms. The summed E-state index contributed by atoms with van der Waals surface area (Å²) in [5.41, 5.74) is 4.47. The Hall–Kier alpha value is -3.99. The summed E-state index contributed by atoms with van der Waals surface area (Å²) in [5.74, 6) is 0.480. The number of rotatable bonds is 5. The Labute approximate surface area is 205 Å². The molecule has 176 valence electrons. The van der Waals surface area contributed by atoms with Crippen molar-refractivity contribution in [2.24, 2.45) is 0 Å². The molecule has 2 heterocycles. The summed E-state index contributed by atoms with van der Waals surface area (Å²) in [6.07, 6.45) is 0.505. The Morgan fingerprint density at radius 1 is 0.829 bits per heavy atom. The molecule has 0 aliphatic carbocycles. The molecule has 5 nitrogen and oxygen atoms in total. The Balaban J connectivity index is 1.51. The van der Waals surface area contributed by atoms with Crippen LogP contribution in [0.15, 0.2) is 95.8 Å². The average molecular weight is 464 g/mol. The number of aryl methyl sites for hydroxylation is 1. The van der Waals surface area contributed by atoms with Gasteiger partial charge >= 0.3 is 0 Å². The van der Waals surface area contributed by atoms with Crippen LogP contribution in [0.2, 0.25) is 0 Å². The molecule has 4 aromatic rings. The third kappa shape index (κ3) is 4.42. The molecule has 1 aromatic heterocycles. The molecule has 3 aromatic carbocycles. The van der Waals surface area contributed by atoms with Crippen LogP contribution in [0.4, 0.5) is 0 Å². The largest absolute Gasteiger partial charge is 0.336 e. The van der Waals surface area contributed by atoms with Gasteiger partial charge in [-0.25, -0.2) is 4.98 Å². The number of benzene rings is 3. The Morgan fingerprint density at radius 3 is 1.89 bits per heavy atom. The van der Waals surface area contributed by atoms with Crippen molar-refractivity contribution in [3.05, 3.63) is 135 Å². The van der Waals surface area contributed by atoms with Crippen molar-refractivity contribution in [2.45, 2.75) is 38.8 Å². The van der Waals surface area contributed by atoms with Gasteiger partial charge in [0, 0.05) is 12.1 Å². The predicted molar refractivity (Wildman–Crippen MR) is 137 cm³/mol. The van der Waals surface area contributed by atoms with Gasteiger partial charge in [0.1, 0.15) is 5.82 Å². The van der Waals surface area contributed by atoms with Gasteiger partial charge in [0.15, 0.2) is 0 Å². The lowest BCUT2D eigenvalue weighted by Crippen LogP contribution is -2.43. The van der Waals surface area contributed by atoms with E-state index in [9.17, 15) is 9.59 Å². The summed E-state index contributed by atoms with van der Waals surface area (Å²) in [6.45, 7) is 4.70. The highest BCUT2D eigenvalue weighted by Gasteiger charge is 2.30. The van der Waals surface area contributed by atoms with Gasteiger partial charge in [0.2, 0.25) is 5.91 Å². The molecule has 0 fully saturated rings. The molecule has 1 aliphatic rings. The Bertz CT molecular complexity index is 1340. The molecule has 0 saturated carbocycles. The van der Waals surface area contributed by atoms with E-state index >= 15 is 0 Å². The summed E-state index contributed by atoms with van der Waals surface area (Å²) >= 11 is 0. The topological polar surface area (TPSA) is 55.2 Å². The Kier molecular flexibility index (Phi) is 6.32. The van der Waals surface area contributed by atoms with E-state index in [1.165, 1.54) is 0 Å². The fourth-order valence-corrected chi connectivity index (χ4v) is 5.03. The van der Waals surface area contributed by atoms with Gasteiger partial charge < -0.3 is 4.90 Å². The monoisotopic (exact) mass is 463 g/mol. The van der Waals surface area contributed by atoms with E-state index in [2.05, 4.69) is 0 Å². The van der Waals surface area contributed by atoms with Crippen LogP contribution in [0.25, 0.3) is 0 Å². The Morgan fingerprint density at radius 2 is 1.34 bits per heavy atom. The number of carbonyl (C=O) groups is 1. The van der Waals surface area contributed by atoms with Gasteiger partial charge in [-0.1, -0.05) is 91.0 Å². The third-order valence-corrected chi connectivity index (χ3v) is 6.91. The van der Waals surface area contributed by atoms with E-state index in [-0.39, 0.29) is 23.4 Å². The van der Waals surface area contributed by atoms with Crippen LogP contribution in [-0.2, 0) is 17.8 Å². The lowest BCUT2D eigenvalue weighted by molar-refractivity contribution is -0.133. The van der Waals surface area contributed by atoms with Crippen LogP contribution in [-0.4, -0.2) is 26.9 Å². The van der Waals surface area contributed by atoms with Crippen LogP contribution in [0, 0.1) is 6.92 Å². The highest BCUT2D eigenvalue weighted by molar-refractivity contribution is 5.83. The van der Waals surface area contributed by atoms with Gasteiger partial charge in [-0.05, 0) is 37.0 Å². The fourth-order valence-electron chi connectivity index (χ4n) is 5.03. The fraction of sp³-hybridized carbons (Fsp3) is 0.233. The van der Waals surface area contributed by atoms with Crippen molar-refractivity contribution in [1.82, 2.24) is 14.5 Å². The first kappa shape index (κ1) is 22.8. The van der Waals surface area contributed by atoms with Crippen LogP contribution in [0.1, 0.15) is 52.7 Å². The lowest BCUT2D eigenvalue weighted by atomic mass is 9.96. The van der Waals surface area contributed by atoms with Crippen LogP contribution in [0.5, 0.6) is 0 Å². The molecule has 5 heteroatoms. The van der Waals surface area contributed by atoms with Gasteiger partial charge in [-0.3, -0.25) is 14.2 Å². The first-order valence-corrected chi connectivity index (χ1v) is 12.1. The van der Waals surface area contributed by atoms with Crippen molar-refractivity contribution >= 4 is 5.91 Å². The first-order valence-electron chi connectivity index (χ1n) is 12.1. The molecule has 0 N–H and O–H groups in total. The molecule has 0 radical (unpaired) electrons. The van der Waals surface area contributed by atoms with Crippen LogP contribution >= 0.6 is 0 Å². The van der Waals surface area contributed by atoms with Gasteiger partial charge in [-0.15, -0.1) is 0 Å². The van der Waals surface area contributed by atoms with Crippen molar-refractivity contribution < 1.29 is 4.79 Å². The highest BCUT2D eigenvalue weighted by atomic mass is 16.2. The van der Waals surface area contributed by atoms with Crippen molar-refractivity contribution in [3.8, 4) is 0 Å². The maximum absolute atomic E-state index is 13.9. The normalized spacial score (nSPS) is 14.0. The number of carbonyl (C=O) groups excluding carboxylic acids is 1. The average Bonchev–Trinajstić information content (AvgIpc) is 2.91. The molecule has 1 aliphatic heterocycles. The number of fused-ring (bicyclic) bond motifs is 1. The quantitative estimate of drug-likeness (QED) is 0.424. The smallest absolute Gasteiger partial charge is 0.257 e. The van der Waals surface area contributed by atoms with Gasteiger partial charge in [0.25, 0.3) is 5.56 Å². The van der Waals surface area contributed by atoms with Crippen molar-refractivity contribution in [3.63, 3.8) is 0 Å². The summed E-state index contributed by atoms with van der Waals surface area (Å²) in [7, 11) is 0. The molecular weight excluding hydrogens is 434 g/mol. The van der Waals surface area contributed by atoms with Crippen LogP contribution < -0.4 is 5.56 Å². The lowest BCUT2D eigenvalue weighted by Gasteiger charge is -2.32. The second-order valence-corrected chi connectivity index (χ2v) is 9.13. The zero-order chi connectivity index (χ0) is 24.4. The number of nitrogens with zero attached hydrogens (tertiary/aromatic N) is 3. The van der Waals surface area contributed by atoms with Crippen molar-refractivity contribution in [1.29, 1.82) is 0 Å². The molecule has 1 amide bonds. The second kappa shape index (κ2) is 9.71. The molecule has 0 bridgehead atoms. The third-order valence-electron chi connectivity index (χ3n) is 6.91. The minimum Gasteiger partial charge on any atom is -0.336 e. The zero-order valence-corrected chi connectivity index (χ0v) is 20.1. The maximum atomic E-state index is 13.9. The molecule has 0 spiro atoms. The maximum Gasteiger partial charge on any atom is 0.257 e. The minimum atomic E-state index is -0.263. The number of hydrogen-bond donors (Lipinski definition) is 0. The summed E-state index contributed by atoms with van der Waals surface area (Å²) < 4.78 is 1.81. The number of amides is 1. The van der Waals surface area contributed by atoms with E-state index < -0.39 is 0 Å². The van der Waals surface area contributed by atoms with Crippen LogP contribution in [0.3, 0.4) is 0 Å². The summed E-state index contributed by atoms with van der Waals surface area (Å²) in [5, 5.41) is 0. The van der Waals surface area contributed by atoms with E-state index in [4.69, 9.17) is 4.98 Å². The standard InChI is InChI=1S/C30H29N3O2/c1-21(23-12-6-3-7-13-23)29(34)32-19-18-26-27(20-32)31-22(2)33(30(26)35)28(24-14-8-4-9-15-24)25-16-10-5-11-17-25/h3-17,21,28H,18-20H2,1-2H3. The number of aromatic nitrogens is 2. The SMILES string of the molecule is Cc1nc2c(c(=O)n1C(c1ccccc1)c1ccccc1)CCN(C(=O)C(C)c1ccccc1)C2. The van der Waals surface area contributed by atoms with Crippen molar-refractivity contribution in [2.75, 3.05) is 6.54 Å².